The van der Waals surface area contributed by atoms with Gasteiger partial charge in [0.05, 0.1) is 5.41 Å². The van der Waals surface area contributed by atoms with Crippen LogP contribution in [0.25, 0.3) is 11.1 Å². The number of anilines is 1. The lowest BCUT2D eigenvalue weighted by atomic mass is 9.94. The molecule has 1 saturated carbocycles. The first-order valence-corrected chi connectivity index (χ1v) is 11.2. The number of rotatable bonds is 8. The van der Waals surface area contributed by atoms with Crippen LogP contribution in [-0.4, -0.2) is 22.7 Å². The number of carbonyl (C=O) groups excluding carboxylic acids is 1. The Balaban J connectivity index is 1.51. The number of phenolic OH excluding ortho intramolecular Hbond substituents is 2. The predicted octanol–water partition coefficient (Wildman–Crippen LogP) is 5.24. The Kier molecular flexibility index (Phi) is 6.19. The summed E-state index contributed by atoms with van der Waals surface area (Å²) in [6, 6.07) is 19.1. The molecule has 4 rings (SSSR count). The van der Waals surface area contributed by atoms with E-state index in [0.29, 0.717) is 0 Å². The molecule has 0 heterocycles. The molecule has 1 amide bonds. The van der Waals surface area contributed by atoms with Crippen LogP contribution in [0.5, 0.6) is 11.5 Å². The molecule has 4 N–H and O–H groups in total. The van der Waals surface area contributed by atoms with E-state index >= 15 is 0 Å². The van der Waals surface area contributed by atoms with Crippen LogP contribution in [0.4, 0.5) is 5.69 Å². The Labute approximate surface area is 189 Å². The van der Waals surface area contributed by atoms with Gasteiger partial charge in [-0.3, -0.25) is 4.79 Å². The van der Waals surface area contributed by atoms with Gasteiger partial charge in [-0.25, -0.2) is 0 Å². The molecule has 0 spiro atoms. The van der Waals surface area contributed by atoms with Crippen LogP contribution in [0.15, 0.2) is 60.7 Å². The second kappa shape index (κ2) is 9.05. The smallest absolute Gasteiger partial charge is 0.235 e. The molecular formula is C27H30N2O3. The van der Waals surface area contributed by atoms with Gasteiger partial charge in [0, 0.05) is 12.2 Å². The number of amides is 1. The number of carbonyl (C=O) groups is 1. The molecule has 166 valence electrons. The summed E-state index contributed by atoms with van der Waals surface area (Å²) >= 11 is 0. The molecule has 3 aromatic carbocycles. The first-order valence-electron chi connectivity index (χ1n) is 11.2. The Morgan fingerprint density at radius 3 is 2.38 bits per heavy atom. The highest BCUT2D eigenvalue weighted by Gasteiger charge is 2.51. The Morgan fingerprint density at radius 1 is 0.969 bits per heavy atom. The van der Waals surface area contributed by atoms with E-state index in [1.807, 2.05) is 18.2 Å². The van der Waals surface area contributed by atoms with Crippen molar-refractivity contribution in [1.82, 2.24) is 5.32 Å². The third-order valence-corrected chi connectivity index (χ3v) is 6.23. The maximum atomic E-state index is 13.1. The molecule has 3 aromatic rings. The lowest BCUT2D eigenvalue weighted by molar-refractivity contribution is -0.118. The van der Waals surface area contributed by atoms with E-state index in [0.717, 1.165) is 60.3 Å². The fraction of sp³-hybridized carbons (Fsp3) is 0.296. The van der Waals surface area contributed by atoms with Crippen molar-refractivity contribution in [2.75, 3.05) is 11.9 Å². The fourth-order valence-corrected chi connectivity index (χ4v) is 4.07. The molecule has 0 bridgehead atoms. The number of phenols is 2. The first kappa shape index (κ1) is 21.9. The van der Waals surface area contributed by atoms with Gasteiger partial charge < -0.3 is 20.8 Å². The normalized spacial score (nSPS) is 14.2. The van der Waals surface area contributed by atoms with Gasteiger partial charge >= 0.3 is 0 Å². The zero-order valence-electron chi connectivity index (χ0n) is 18.6. The van der Waals surface area contributed by atoms with Crippen LogP contribution in [0.3, 0.4) is 0 Å². The Bertz CT molecular complexity index is 1120. The van der Waals surface area contributed by atoms with Crippen molar-refractivity contribution >= 4 is 11.6 Å². The molecule has 5 nitrogen and oxygen atoms in total. The average Bonchev–Trinajstić information content (AvgIpc) is 3.60. The monoisotopic (exact) mass is 430 g/mol. The van der Waals surface area contributed by atoms with Crippen molar-refractivity contribution < 1.29 is 15.0 Å². The molecular weight excluding hydrogens is 400 g/mol. The van der Waals surface area contributed by atoms with Crippen LogP contribution in [0.2, 0.25) is 0 Å². The fourth-order valence-electron chi connectivity index (χ4n) is 4.07. The maximum absolute atomic E-state index is 13.1. The zero-order chi connectivity index (χ0) is 22.7. The van der Waals surface area contributed by atoms with E-state index in [-0.39, 0.29) is 17.4 Å². The lowest BCUT2D eigenvalue weighted by Crippen LogP contribution is -2.27. The highest BCUT2D eigenvalue weighted by Crippen LogP contribution is 2.50. The maximum Gasteiger partial charge on any atom is 0.235 e. The van der Waals surface area contributed by atoms with Gasteiger partial charge in [-0.05, 0) is 84.8 Å². The van der Waals surface area contributed by atoms with Crippen molar-refractivity contribution in [2.45, 2.75) is 45.1 Å². The highest BCUT2D eigenvalue weighted by atomic mass is 16.3. The molecule has 32 heavy (non-hydrogen) atoms. The molecule has 1 aliphatic rings. The van der Waals surface area contributed by atoms with Crippen LogP contribution >= 0.6 is 0 Å². The van der Waals surface area contributed by atoms with E-state index in [9.17, 15) is 15.0 Å². The number of nitrogens with one attached hydrogen (secondary N) is 2. The van der Waals surface area contributed by atoms with Gasteiger partial charge in [0.1, 0.15) is 0 Å². The lowest BCUT2D eigenvalue weighted by Gasteiger charge is -2.17. The molecule has 0 atom stereocenters. The van der Waals surface area contributed by atoms with E-state index in [1.165, 1.54) is 17.7 Å². The second-order valence-corrected chi connectivity index (χ2v) is 8.64. The molecule has 0 aliphatic heterocycles. The minimum Gasteiger partial charge on any atom is -0.504 e. The minimum atomic E-state index is -0.649. The first-order chi connectivity index (χ1) is 15.4. The van der Waals surface area contributed by atoms with Crippen LogP contribution < -0.4 is 10.6 Å². The van der Waals surface area contributed by atoms with E-state index < -0.39 is 5.41 Å². The van der Waals surface area contributed by atoms with E-state index in [4.69, 9.17) is 0 Å². The average molecular weight is 431 g/mol. The quantitative estimate of drug-likeness (QED) is 0.291. The summed E-state index contributed by atoms with van der Waals surface area (Å²) in [5.41, 5.74) is 5.42. The van der Waals surface area contributed by atoms with E-state index in [2.05, 4.69) is 48.7 Å². The summed E-state index contributed by atoms with van der Waals surface area (Å²) in [6.07, 6.45) is 2.55. The molecule has 0 saturated heterocycles. The number of aryl methyl sites for hydroxylation is 1. The number of hydrogen-bond donors (Lipinski definition) is 4. The van der Waals surface area contributed by atoms with Crippen LogP contribution in [0, 0.1) is 6.92 Å². The number of hydrogen-bond acceptors (Lipinski definition) is 4. The molecule has 5 heteroatoms. The summed E-state index contributed by atoms with van der Waals surface area (Å²) in [5.74, 6) is -0.470. The highest BCUT2D eigenvalue weighted by molar-refractivity contribution is 6.02. The molecule has 0 unspecified atom stereocenters. The van der Waals surface area contributed by atoms with Gasteiger partial charge in [-0.15, -0.1) is 0 Å². The van der Waals surface area contributed by atoms with Crippen molar-refractivity contribution in [3.8, 4) is 22.6 Å². The van der Waals surface area contributed by atoms with Crippen LogP contribution in [-0.2, 0) is 16.8 Å². The van der Waals surface area contributed by atoms with Gasteiger partial charge in [-0.2, -0.15) is 0 Å². The largest absolute Gasteiger partial charge is 0.504 e. The van der Waals surface area contributed by atoms with Crippen LogP contribution in [0.1, 0.15) is 42.9 Å². The van der Waals surface area contributed by atoms with Gasteiger partial charge in [0.25, 0.3) is 0 Å². The third-order valence-electron chi connectivity index (χ3n) is 6.23. The summed E-state index contributed by atoms with van der Waals surface area (Å²) in [4.78, 5) is 13.1. The standard InChI is InChI=1S/C27H30N2O3/c1-3-14-28-17-19-5-7-20(8-6-19)23-16-22(10-4-18(23)2)29-26(32)27(12-13-27)21-9-11-24(30)25(31)15-21/h4-11,15-16,28,30-31H,3,12-14,17H2,1-2H3,(H,29,32). The number of benzene rings is 3. The van der Waals surface area contributed by atoms with Gasteiger partial charge in [-0.1, -0.05) is 43.3 Å². The Hall–Kier alpha value is -3.31. The van der Waals surface area contributed by atoms with E-state index in [1.54, 1.807) is 6.07 Å². The minimum absolute atomic E-state index is 0.0882. The predicted molar refractivity (Wildman–Crippen MR) is 128 cm³/mol. The third kappa shape index (κ3) is 4.48. The van der Waals surface area contributed by atoms with Gasteiger partial charge in [0.2, 0.25) is 5.91 Å². The van der Waals surface area contributed by atoms with Crippen molar-refractivity contribution in [2.24, 2.45) is 0 Å². The topological polar surface area (TPSA) is 81.6 Å². The van der Waals surface area contributed by atoms with Gasteiger partial charge in [0.15, 0.2) is 11.5 Å². The Morgan fingerprint density at radius 2 is 1.72 bits per heavy atom. The van der Waals surface area contributed by atoms with Crippen molar-refractivity contribution in [3.63, 3.8) is 0 Å². The molecule has 0 radical (unpaired) electrons. The van der Waals surface area contributed by atoms with Crippen molar-refractivity contribution in [3.05, 3.63) is 77.4 Å². The molecule has 0 aromatic heterocycles. The van der Waals surface area contributed by atoms with Crippen molar-refractivity contribution in [1.29, 1.82) is 0 Å². The SMILES string of the molecule is CCCNCc1ccc(-c2cc(NC(=O)C3(c4ccc(O)c(O)c4)CC3)ccc2C)cc1. The molecule has 1 aliphatic carbocycles. The second-order valence-electron chi connectivity index (χ2n) is 8.64. The summed E-state index contributed by atoms with van der Waals surface area (Å²) in [6.45, 7) is 6.09. The summed E-state index contributed by atoms with van der Waals surface area (Å²) in [5, 5.41) is 25.9. The number of aromatic hydroxyl groups is 2. The zero-order valence-corrected chi connectivity index (χ0v) is 18.6. The molecule has 1 fully saturated rings. The summed E-state index contributed by atoms with van der Waals surface area (Å²) in [7, 11) is 0. The summed E-state index contributed by atoms with van der Waals surface area (Å²) < 4.78 is 0.